The number of rotatable bonds is 8. The van der Waals surface area contributed by atoms with Gasteiger partial charge in [-0.05, 0) is 48.1 Å². The maximum atomic E-state index is 12.9. The average molecular weight is 365 g/mol. The number of nitrogens with zero attached hydrogens (tertiary/aromatic N) is 1. The monoisotopic (exact) mass is 365 g/mol. The van der Waals surface area contributed by atoms with Crippen molar-refractivity contribution in [3.05, 3.63) is 70.3 Å². The fourth-order valence-electron chi connectivity index (χ4n) is 3.93. The third kappa shape index (κ3) is 3.67. The van der Waals surface area contributed by atoms with Crippen LogP contribution in [0.4, 0.5) is 0 Å². The summed E-state index contributed by atoms with van der Waals surface area (Å²) in [5, 5.41) is 9.61. The number of benzene rings is 2. The lowest BCUT2D eigenvalue weighted by atomic mass is 9.93. The number of aliphatic hydroxyl groups excluding tert-OH is 1. The van der Waals surface area contributed by atoms with Crippen molar-refractivity contribution in [2.45, 2.75) is 52.0 Å². The summed E-state index contributed by atoms with van der Waals surface area (Å²) in [6.07, 6.45) is 4.45. The van der Waals surface area contributed by atoms with Gasteiger partial charge in [-0.15, -0.1) is 0 Å². The molecule has 4 nitrogen and oxygen atoms in total. The lowest BCUT2D eigenvalue weighted by molar-refractivity contribution is 0.0558. The molecule has 27 heavy (non-hydrogen) atoms. The topological polar surface area (TPSA) is 57.6 Å². The van der Waals surface area contributed by atoms with E-state index in [1.807, 2.05) is 6.07 Å². The molecule has 1 aliphatic rings. The molecular formula is C23H27NO3. The molecular weight excluding hydrogens is 338 g/mol. The van der Waals surface area contributed by atoms with Crippen LogP contribution in [-0.2, 0) is 12.8 Å². The Morgan fingerprint density at radius 2 is 1.48 bits per heavy atom. The Bertz CT molecular complexity index is 808. The standard InChI is InChI=1S/C23H27NO3/c1-3-7-16-11-12-18(15-17(16)8-4-2)21(13-14-25)24-22(26)19-9-5-6-10-20(19)23(24)27/h5-6,9-12,15,21,25H,3-4,7-8,13-14H2,1-2H3. The summed E-state index contributed by atoms with van der Waals surface area (Å²) in [5.41, 5.74) is 4.41. The number of fused-ring (bicyclic) bond motifs is 1. The van der Waals surface area contributed by atoms with Crippen molar-refractivity contribution in [3.63, 3.8) is 0 Å². The van der Waals surface area contributed by atoms with Gasteiger partial charge >= 0.3 is 0 Å². The van der Waals surface area contributed by atoms with Gasteiger partial charge in [0.05, 0.1) is 17.2 Å². The van der Waals surface area contributed by atoms with Gasteiger partial charge in [-0.2, -0.15) is 0 Å². The Hall–Kier alpha value is -2.46. The van der Waals surface area contributed by atoms with E-state index in [0.29, 0.717) is 17.5 Å². The Morgan fingerprint density at radius 1 is 0.889 bits per heavy atom. The van der Waals surface area contributed by atoms with Crippen molar-refractivity contribution >= 4 is 11.8 Å². The molecule has 0 saturated carbocycles. The molecule has 0 aliphatic carbocycles. The molecule has 2 amide bonds. The van der Waals surface area contributed by atoms with Gasteiger partial charge in [0, 0.05) is 6.61 Å². The van der Waals surface area contributed by atoms with Crippen molar-refractivity contribution in [2.24, 2.45) is 0 Å². The summed E-state index contributed by atoms with van der Waals surface area (Å²) in [5.74, 6) is -0.549. The molecule has 1 N–H and O–H groups in total. The zero-order valence-corrected chi connectivity index (χ0v) is 16.1. The van der Waals surface area contributed by atoms with Gasteiger partial charge in [-0.3, -0.25) is 14.5 Å². The zero-order valence-electron chi connectivity index (χ0n) is 16.1. The van der Waals surface area contributed by atoms with Crippen molar-refractivity contribution in [2.75, 3.05) is 6.61 Å². The minimum atomic E-state index is -0.450. The van der Waals surface area contributed by atoms with E-state index < -0.39 is 6.04 Å². The molecule has 1 unspecified atom stereocenters. The third-order valence-electron chi connectivity index (χ3n) is 5.19. The third-order valence-corrected chi connectivity index (χ3v) is 5.19. The summed E-state index contributed by atoms with van der Waals surface area (Å²) in [6.45, 7) is 4.23. The predicted octanol–water partition coefficient (Wildman–Crippen LogP) is 4.31. The van der Waals surface area contributed by atoms with E-state index in [9.17, 15) is 14.7 Å². The second-order valence-electron chi connectivity index (χ2n) is 7.08. The number of amides is 2. The minimum Gasteiger partial charge on any atom is -0.396 e. The number of aryl methyl sites for hydroxylation is 2. The van der Waals surface area contributed by atoms with Crippen LogP contribution in [0, 0.1) is 0 Å². The van der Waals surface area contributed by atoms with Crippen molar-refractivity contribution in [1.82, 2.24) is 4.90 Å². The molecule has 0 spiro atoms. The SMILES string of the molecule is CCCc1ccc(C(CCO)N2C(=O)c3ccccc3C2=O)cc1CCC. The lowest BCUT2D eigenvalue weighted by Gasteiger charge is -2.27. The number of imide groups is 1. The van der Waals surface area contributed by atoms with Crippen LogP contribution in [0.3, 0.4) is 0 Å². The highest BCUT2D eigenvalue weighted by Crippen LogP contribution is 2.34. The first-order valence-electron chi connectivity index (χ1n) is 9.81. The molecule has 3 rings (SSSR count). The van der Waals surface area contributed by atoms with Gasteiger partial charge in [0.2, 0.25) is 0 Å². The summed E-state index contributed by atoms with van der Waals surface area (Å²) in [6, 6.07) is 12.7. The number of carbonyl (C=O) groups excluding carboxylic acids is 2. The van der Waals surface area contributed by atoms with E-state index in [1.165, 1.54) is 16.0 Å². The van der Waals surface area contributed by atoms with Crippen LogP contribution in [0.2, 0.25) is 0 Å². The van der Waals surface area contributed by atoms with E-state index in [2.05, 4.69) is 26.0 Å². The molecule has 142 valence electrons. The second-order valence-corrected chi connectivity index (χ2v) is 7.08. The number of hydrogen-bond donors (Lipinski definition) is 1. The smallest absolute Gasteiger partial charge is 0.262 e. The second kappa shape index (κ2) is 8.49. The van der Waals surface area contributed by atoms with Crippen LogP contribution in [0.5, 0.6) is 0 Å². The van der Waals surface area contributed by atoms with Gasteiger partial charge in [-0.25, -0.2) is 0 Å². The summed E-state index contributed by atoms with van der Waals surface area (Å²) >= 11 is 0. The van der Waals surface area contributed by atoms with Crippen LogP contribution >= 0.6 is 0 Å². The van der Waals surface area contributed by atoms with Crippen LogP contribution in [0.1, 0.15) is 76.6 Å². The lowest BCUT2D eigenvalue weighted by Crippen LogP contribution is -2.34. The van der Waals surface area contributed by atoms with Crippen molar-refractivity contribution in [3.8, 4) is 0 Å². The number of hydrogen-bond acceptors (Lipinski definition) is 3. The molecule has 0 bridgehead atoms. The molecule has 0 fully saturated rings. The number of carbonyl (C=O) groups is 2. The summed E-state index contributed by atoms with van der Waals surface area (Å²) in [4.78, 5) is 27.1. The Balaban J connectivity index is 2.00. The fourth-order valence-corrected chi connectivity index (χ4v) is 3.93. The molecule has 0 radical (unpaired) electrons. The first kappa shape index (κ1) is 19.3. The molecule has 1 aliphatic heterocycles. The van der Waals surface area contributed by atoms with Gasteiger partial charge in [0.1, 0.15) is 0 Å². The quantitative estimate of drug-likeness (QED) is 0.709. The summed E-state index contributed by atoms with van der Waals surface area (Å²) in [7, 11) is 0. The number of aliphatic hydroxyl groups is 1. The summed E-state index contributed by atoms with van der Waals surface area (Å²) < 4.78 is 0. The van der Waals surface area contributed by atoms with E-state index in [-0.39, 0.29) is 18.4 Å². The highest BCUT2D eigenvalue weighted by molar-refractivity contribution is 6.21. The molecule has 0 aromatic heterocycles. The van der Waals surface area contributed by atoms with Crippen LogP contribution < -0.4 is 0 Å². The van der Waals surface area contributed by atoms with Crippen LogP contribution in [-0.4, -0.2) is 28.4 Å². The Labute approximate surface area is 160 Å². The van der Waals surface area contributed by atoms with Gasteiger partial charge < -0.3 is 5.11 Å². The molecule has 2 aromatic rings. The molecule has 0 saturated heterocycles. The van der Waals surface area contributed by atoms with Gasteiger partial charge in [0.25, 0.3) is 11.8 Å². The molecule has 4 heteroatoms. The maximum Gasteiger partial charge on any atom is 0.262 e. The van der Waals surface area contributed by atoms with E-state index in [0.717, 1.165) is 31.2 Å². The highest BCUT2D eigenvalue weighted by atomic mass is 16.3. The van der Waals surface area contributed by atoms with Crippen molar-refractivity contribution < 1.29 is 14.7 Å². The molecule has 1 heterocycles. The Morgan fingerprint density at radius 3 is 2.04 bits per heavy atom. The highest BCUT2D eigenvalue weighted by Gasteiger charge is 2.40. The molecule has 2 aromatic carbocycles. The predicted molar refractivity (Wildman–Crippen MR) is 106 cm³/mol. The normalized spacial score (nSPS) is 14.6. The average Bonchev–Trinajstić information content (AvgIpc) is 2.93. The maximum absolute atomic E-state index is 12.9. The minimum absolute atomic E-state index is 0.0854. The molecule has 1 atom stereocenters. The Kier molecular flexibility index (Phi) is 6.07. The van der Waals surface area contributed by atoms with E-state index >= 15 is 0 Å². The van der Waals surface area contributed by atoms with Crippen LogP contribution in [0.25, 0.3) is 0 Å². The van der Waals surface area contributed by atoms with E-state index in [1.54, 1.807) is 24.3 Å². The first-order valence-corrected chi connectivity index (χ1v) is 9.81. The van der Waals surface area contributed by atoms with Gasteiger partial charge in [-0.1, -0.05) is 57.0 Å². The van der Waals surface area contributed by atoms with Crippen LogP contribution in [0.15, 0.2) is 42.5 Å². The first-order chi connectivity index (χ1) is 13.1. The van der Waals surface area contributed by atoms with Gasteiger partial charge in [0.15, 0.2) is 0 Å². The zero-order chi connectivity index (χ0) is 19.4. The fraction of sp³-hybridized carbons (Fsp3) is 0.391. The van der Waals surface area contributed by atoms with E-state index in [4.69, 9.17) is 0 Å². The largest absolute Gasteiger partial charge is 0.396 e. The van der Waals surface area contributed by atoms with Crippen molar-refractivity contribution in [1.29, 1.82) is 0 Å².